The van der Waals surface area contributed by atoms with Gasteiger partial charge in [0.05, 0.1) is 10.7 Å². The van der Waals surface area contributed by atoms with Crippen molar-refractivity contribution < 1.29 is 5.11 Å². The highest BCUT2D eigenvalue weighted by Crippen LogP contribution is 2.32. The molecule has 0 amide bonds. The van der Waals surface area contributed by atoms with Crippen LogP contribution in [0.5, 0.6) is 0 Å². The van der Waals surface area contributed by atoms with Crippen molar-refractivity contribution in [3.8, 4) is 0 Å². The molecule has 4 heteroatoms. The Balaban J connectivity index is 2.12. The van der Waals surface area contributed by atoms with Gasteiger partial charge in [-0.1, -0.05) is 17.7 Å². The Labute approximate surface area is 120 Å². The Morgan fingerprint density at radius 1 is 1.53 bits per heavy atom. The van der Waals surface area contributed by atoms with Gasteiger partial charge in [0, 0.05) is 25.7 Å². The second kappa shape index (κ2) is 6.60. The molecule has 1 aliphatic heterocycles. The molecule has 0 radical (unpaired) electrons. The molecule has 19 heavy (non-hydrogen) atoms. The molecule has 0 bridgehead atoms. The molecule has 1 aliphatic rings. The number of hydrogen-bond acceptors (Lipinski definition) is 3. The number of anilines is 1. The van der Waals surface area contributed by atoms with Gasteiger partial charge in [-0.15, -0.1) is 0 Å². The summed E-state index contributed by atoms with van der Waals surface area (Å²) in [5.41, 5.74) is 8.03. The second-order valence-electron chi connectivity index (χ2n) is 5.47. The minimum Gasteiger partial charge on any atom is -0.396 e. The van der Waals surface area contributed by atoms with Gasteiger partial charge in [0.25, 0.3) is 0 Å². The van der Waals surface area contributed by atoms with Gasteiger partial charge in [-0.2, -0.15) is 0 Å². The van der Waals surface area contributed by atoms with Crippen molar-refractivity contribution in [1.29, 1.82) is 0 Å². The lowest BCUT2D eigenvalue weighted by atomic mass is 9.94. The summed E-state index contributed by atoms with van der Waals surface area (Å²) in [5, 5.41) is 9.85. The predicted molar refractivity (Wildman–Crippen MR) is 80.7 cm³/mol. The van der Waals surface area contributed by atoms with Crippen LogP contribution in [0.4, 0.5) is 5.69 Å². The molecule has 1 heterocycles. The molecule has 3 nitrogen and oxygen atoms in total. The van der Waals surface area contributed by atoms with Crippen molar-refractivity contribution in [3.63, 3.8) is 0 Å². The summed E-state index contributed by atoms with van der Waals surface area (Å²) in [6.45, 7) is 4.26. The maximum atomic E-state index is 9.07. The van der Waals surface area contributed by atoms with Crippen LogP contribution in [0.2, 0.25) is 5.02 Å². The molecule has 1 saturated heterocycles. The Morgan fingerprint density at radius 2 is 2.32 bits per heavy atom. The largest absolute Gasteiger partial charge is 0.396 e. The summed E-state index contributed by atoms with van der Waals surface area (Å²) in [5.74, 6) is 0.572. The number of aliphatic hydroxyl groups excluding tert-OH is 1. The van der Waals surface area contributed by atoms with Crippen molar-refractivity contribution in [2.75, 3.05) is 24.6 Å². The Bertz CT molecular complexity index is 421. The molecular weight excluding hydrogens is 260 g/mol. The van der Waals surface area contributed by atoms with Gasteiger partial charge in [-0.25, -0.2) is 0 Å². The van der Waals surface area contributed by atoms with E-state index in [1.54, 1.807) is 0 Å². The van der Waals surface area contributed by atoms with Gasteiger partial charge in [-0.05, 0) is 49.8 Å². The third-order valence-electron chi connectivity index (χ3n) is 3.89. The predicted octanol–water partition coefficient (Wildman–Crippen LogP) is 2.96. The highest BCUT2D eigenvalue weighted by atomic mass is 35.5. The molecule has 0 spiro atoms. The van der Waals surface area contributed by atoms with E-state index < -0.39 is 0 Å². The SMILES string of the molecule is CC(N)c1ccc(N2CCCC(CCO)C2)c(Cl)c1. The molecule has 0 aliphatic carbocycles. The quantitative estimate of drug-likeness (QED) is 0.893. The lowest BCUT2D eigenvalue weighted by molar-refractivity contribution is 0.244. The molecule has 2 unspecified atom stereocenters. The summed E-state index contributed by atoms with van der Waals surface area (Å²) < 4.78 is 0. The van der Waals surface area contributed by atoms with Crippen LogP contribution in [0, 0.1) is 5.92 Å². The van der Waals surface area contributed by atoms with Crippen LogP contribution in [-0.4, -0.2) is 24.8 Å². The molecule has 2 rings (SSSR count). The number of nitrogens with two attached hydrogens (primary N) is 1. The third kappa shape index (κ3) is 3.62. The number of hydrogen-bond donors (Lipinski definition) is 2. The van der Waals surface area contributed by atoms with Crippen LogP contribution < -0.4 is 10.6 Å². The smallest absolute Gasteiger partial charge is 0.0642 e. The van der Waals surface area contributed by atoms with Crippen molar-refractivity contribution in [1.82, 2.24) is 0 Å². The van der Waals surface area contributed by atoms with Crippen molar-refractivity contribution >= 4 is 17.3 Å². The zero-order chi connectivity index (χ0) is 13.8. The summed E-state index contributed by atoms with van der Waals surface area (Å²) in [4.78, 5) is 2.33. The third-order valence-corrected chi connectivity index (χ3v) is 4.20. The van der Waals surface area contributed by atoms with Gasteiger partial charge in [0.15, 0.2) is 0 Å². The van der Waals surface area contributed by atoms with E-state index in [2.05, 4.69) is 17.0 Å². The van der Waals surface area contributed by atoms with E-state index in [0.29, 0.717) is 5.92 Å². The van der Waals surface area contributed by atoms with Gasteiger partial charge in [0.2, 0.25) is 0 Å². The molecule has 106 valence electrons. The minimum atomic E-state index is 0.00930. The fraction of sp³-hybridized carbons (Fsp3) is 0.600. The van der Waals surface area contributed by atoms with Gasteiger partial charge in [-0.3, -0.25) is 0 Å². The fourth-order valence-corrected chi connectivity index (χ4v) is 3.07. The van der Waals surface area contributed by atoms with Crippen LogP contribution in [0.15, 0.2) is 18.2 Å². The van der Waals surface area contributed by atoms with Gasteiger partial charge in [0.1, 0.15) is 0 Å². The average Bonchev–Trinajstić information content (AvgIpc) is 2.39. The second-order valence-corrected chi connectivity index (χ2v) is 5.87. The van der Waals surface area contributed by atoms with Crippen LogP contribution in [0.3, 0.4) is 0 Å². The first-order valence-corrected chi connectivity index (χ1v) is 7.40. The van der Waals surface area contributed by atoms with E-state index in [1.807, 2.05) is 13.0 Å². The molecule has 2 atom stereocenters. The summed E-state index contributed by atoms with van der Waals surface area (Å²) in [6, 6.07) is 6.11. The van der Waals surface area contributed by atoms with E-state index in [9.17, 15) is 0 Å². The van der Waals surface area contributed by atoms with Crippen LogP contribution in [-0.2, 0) is 0 Å². The number of halogens is 1. The summed E-state index contributed by atoms with van der Waals surface area (Å²) in [7, 11) is 0. The normalized spacial score (nSPS) is 21.5. The van der Waals surface area contributed by atoms with Gasteiger partial charge < -0.3 is 15.7 Å². The molecule has 1 fully saturated rings. The molecule has 1 aromatic carbocycles. The monoisotopic (exact) mass is 282 g/mol. The summed E-state index contributed by atoms with van der Waals surface area (Å²) in [6.07, 6.45) is 3.24. The lowest BCUT2D eigenvalue weighted by Gasteiger charge is -2.35. The number of aliphatic hydroxyl groups is 1. The highest BCUT2D eigenvalue weighted by molar-refractivity contribution is 6.33. The standard InChI is InChI=1S/C15H23ClN2O/c1-11(17)13-4-5-15(14(16)9-13)18-7-2-3-12(10-18)6-8-19/h4-5,9,11-12,19H,2-3,6-8,10,17H2,1H3. The van der Waals surface area contributed by atoms with Crippen molar-refractivity contribution in [3.05, 3.63) is 28.8 Å². The fourth-order valence-electron chi connectivity index (χ4n) is 2.76. The van der Waals surface area contributed by atoms with Crippen LogP contribution >= 0.6 is 11.6 Å². The Kier molecular flexibility index (Phi) is 5.08. The zero-order valence-corrected chi connectivity index (χ0v) is 12.2. The van der Waals surface area contributed by atoms with E-state index in [1.165, 1.54) is 6.42 Å². The van der Waals surface area contributed by atoms with E-state index in [4.69, 9.17) is 22.4 Å². The number of piperidine rings is 1. The molecule has 3 N–H and O–H groups in total. The van der Waals surface area contributed by atoms with E-state index in [0.717, 1.165) is 42.2 Å². The van der Waals surface area contributed by atoms with Crippen LogP contribution in [0.1, 0.15) is 37.8 Å². The maximum absolute atomic E-state index is 9.07. The molecule has 1 aromatic rings. The molecule has 0 saturated carbocycles. The first-order chi connectivity index (χ1) is 9.11. The summed E-state index contributed by atoms with van der Waals surface area (Å²) >= 11 is 6.38. The first-order valence-electron chi connectivity index (χ1n) is 7.02. The number of nitrogens with zero attached hydrogens (tertiary/aromatic N) is 1. The first kappa shape index (κ1) is 14.6. The van der Waals surface area contributed by atoms with E-state index >= 15 is 0 Å². The van der Waals surface area contributed by atoms with Gasteiger partial charge >= 0.3 is 0 Å². The van der Waals surface area contributed by atoms with Crippen molar-refractivity contribution in [2.24, 2.45) is 11.7 Å². The maximum Gasteiger partial charge on any atom is 0.0642 e. The lowest BCUT2D eigenvalue weighted by Crippen LogP contribution is -2.35. The molecular formula is C15H23ClN2O. The zero-order valence-electron chi connectivity index (χ0n) is 11.5. The minimum absolute atomic E-state index is 0.00930. The van der Waals surface area contributed by atoms with E-state index in [-0.39, 0.29) is 12.6 Å². The topological polar surface area (TPSA) is 49.5 Å². The van der Waals surface area contributed by atoms with Crippen molar-refractivity contribution in [2.45, 2.75) is 32.2 Å². The average molecular weight is 283 g/mol. The highest BCUT2D eigenvalue weighted by Gasteiger charge is 2.21. The number of rotatable bonds is 4. The Morgan fingerprint density at radius 3 is 2.95 bits per heavy atom. The van der Waals surface area contributed by atoms with Crippen LogP contribution in [0.25, 0.3) is 0 Å². The molecule has 0 aromatic heterocycles. The number of benzene rings is 1. The Hall–Kier alpha value is -0.770.